The largest absolute Gasteiger partial charge is 0.416 e. The Kier molecular flexibility index (Phi) is 8.35. The van der Waals surface area contributed by atoms with Crippen LogP contribution in [0.4, 0.5) is 37.7 Å². The Bertz CT molecular complexity index is 1400. The number of hydrogen-bond acceptors (Lipinski definition) is 4. The van der Waals surface area contributed by atoms with Crippen molar-refractivity contribution in [2.75, 3.05) is 30.5 Å². The molecule has 0 atom stereocenters. The van der Waals surface area contributed by atoms with E-state index in [-0.39, 0.29) is 17.4 Å². The molecule has 12 heteroatoms. The van der Waals surface area contributed by atoms with Gasteiger partial charge in [-0.1, -0.05) is 12.1 Å². The molecule has 6 nitrogen and oxygen atoms in total. The summed E-state index contributed by atoms with van der Waals surface area (Å²) in [4.78, 5) is 32.5. The van der Waals surface area contributed by atoms with Gasteiger partial charge in [-0.05, 0) is 68.3 Å². The highest BCUT2D eigenvalue weighted by molar-refractivity contribution is 6.03. The normalized spacial score (nSPS) is 12.3. The number of carbonyl (C=O) groups is 2. The second-order valence-corrected chi connectivity index (χ2v) is 9.77. The van der Waals surface area contributed by atoms with Gasteiger partial charge in [0.25, 0.3) is 5.91 Å². The zero-order chi connectivity index (χ0) is 30.2. The lowest BCUT2D eigenvalue weighted by molar-refractivity contribution is -0.143. The van der Waals surface area contributed by atoms with Gasteiger partial charge in [-0.2, -0.15) is 26.3 Å². The van der Waals surface area contributed by atoms with E-state index in [2.05, 4.69) is 4.98 Å². The Morgan fingerprint density at radius 3 is 1.90 bits per heavy atom. The molecule has 2 amide bonds. The van der Waals surface area contributed by atoms with Crippen molar-refractivity contribution in [3.05, 3.63) is 77.0 Å². The lowest BCUT2D eigenvalue weighted by Gasteiger charge is -2.31. The quantitative estimate of drug-likeness (QED) is 0.372. The van der Waals surface area contributed by atoms with E-state index in [4.69, 9.17) is 0 Å². The van der Waals surface area contributed by atoms with Crippen molar-refractivity contribution in [1.29, 1.82) is 0 Å². The first-order chi connectivity index (χ1) is 18.4. The minimum Gasteiger partial charge on any atom is -0.387 e. The first-order valence-electron chi connectivity index (χ1n) is 11.9. The van der Waals surface area contributed by atoms with Gasteiger partial charge in [0.05, 0.1) is 27.9 Å². The molecule has 40 heavy (non-hydrogen) atoms. The van der Waals surface area contributed by atoms with E-state index in [0.717, 1.165) is 4.90 Å². The second-order valence-electron chi connectivity index (χ2n) is 9.77. The molecular weight excluding hydrogens is 540 g/mol. The van der Waals surface area contributed by atoms with Gasteiger partial charge >= 0.3 is 12.4 Å². The smallest absolute Gasteiger partial charge is 0.387 e. The van der Waals surface area contributed by atoms with Crippen molar-refractivity contribution in [3.8, 4) is 11.3 Å². The number of hydrogen-bond donors (Lipinski definition) is 1. The number of likely N-dealkylation sites (N-methyl/N-ethyl adjacent to an activating group) is 2. The Morgan fingerprint density at radius 2 is 1.38 bits per heavy atom. The monoisotopic (exact) mass is 567 g/mol. The molecule has 0 aliphatic rings. The van der Waals surface area contributed by atoms with Crippen LogP contribution in [0.2, 0.25) is 0 Å². The van der Waals surface area contributed by atoms with Crippen LogP contribution < -0.4 is 9.80 Å². The van der Waals surface area contributed by atoms with Crippen LogP contribution in [0.5, 0.6) is 0 Å². The van der Waals surface area contributed by atoms with E-state index < -0.39 is 52.9 Å². The number of aliphatic hydroxyl groups excluding tert-OH is 1. The maximum absolute atomic E-state index is 13.7. The third kappa shape index (κ3) is 6.11. The van der Waals surface area contributed by atoms with E-state index in [9.17, 15) is 41.0 Å². The number of amides is 2. The summed E-state index contributed by atoms with van der Waals surface area (Å²) in [7, 11) is 2.83. The van der Waals surface area contributed by atoms with Crippen molar-refractivity contribution in [1.82, 2.24) is 4.98 Å². The third-order valence-electron chi connectivity index (χ3n) is 6.65. The number of aliphatic hydroxyl groups is 1. The third-order valence-corrected chi connectivity index (χ3v) is 6.65. The number of alkyl halides is 6. The molecule has 0 aliphatic carbocycles. The molecule has 0 unspecified atom stereocenters. The predicted molar refractivity (Wildman–Crippen MR) is 138 cm³/mol. The van der Waals surface area contributed by atoms with Gasteiger partial charge in [0.1, 0.15) is 6.61 Å². The number of benzene rings is 2. The van der Waals surface area contributed by atoms with Gasteiger partial charge in [0, 0.05) is 31.5 Å². The van der Waals surface area contributed by atoms with Crippen LogP contribution in [0.15, 0.2) is 54.7 Å². The number of halogens is 6. The molecule has 0 saturated heterocycles. The number of carbonyl (C=O) groups excluding carboxylic acids is 2. The number of pyridine rings is 1. The first-order valence-corrected chi connectivity index (χ1v) is 11.9. The fraction of sp³-hybridized carbons (Fsp3) is 0.321. The van der Waals surface area contributed by atoms with Crippen molar-refractivity contribution in [3.63, 3.8) is 0 Å². The number of rotatable bonds is 6. The SMILES string of the molecule is Cc1ccc(-c2ncccc2N(C)C(=O)C(C)(C)c2cc(C(F)(F)F)cc(C(F)(F)F)c2)cc1N(C)C(=O)CO. The number of nitrogens with zero attached hydrogens (tertiary/aromatic N) is 3. The summed E-state index contributed by atoms with van der Waals surface area (Å²) < 4.78 is 80.8. The molecule has 0 fully saturated rings. The minimum absolute atomic E-state index is 0.0144. The fourth-order valence-electron chi connectivity index (χ4n) is 4.22. The highest BCUT2D eigenvalue weighted by atomic mass is 19.4. The number of aromatic nitrogens is 1. The summed E-state index contributed by atoms with van der Waals surface area (Å²) in [6.45, 7) is 3.53. The maximum atomic E-state index is 13.7. The van der Waals surface area contributed by atoms with Crippen LogP contribution in [0.3, 0.4) is 0 Å². The van der Waals surface area contributed by atoms with Crippen LogP contribution in [-0.2, 0) is 27.4 Å². The minimum atomic E-state index is -5.06. The lowest BCUT2D eigenvalue weighted by Crippen LogP contribution is -2.42. The maximum Gasteiger partial charge on any atom is 0.416 e. The van der Waals surface area contributed by atoms with E-state index in [1.165, 1.54) is 51.2 Å². The van der Waals surface area contributed by atoms with Crippen LogP contribution in [-0.4, -0.2) is 42.6 Å². The Morgan fingerprint density at radius 1 is 0.825 bits per heavy atom. The zero-order valence-electron chi connectivity index (χ0n) is 22.3. The average Bonchev–Trinajstić information content (AvgIpc) is 2.90. The Balaban J connectivity index is 2.10. The van der Waals surface area contributed by atoms with Crippen molar-refractivity contribution < 1.29 is 41.0 Å². The van der Waals surface area contributed by atoms with Gasteiger partial charge in [-0.15, -0.1) is 0 Å². The molecule has 2 aromatic carbocycles. The van der Waals surface area contributed by atoms with E-state index >= 15 is 0 Å². The molecule has 214 valence electrons. The van der Waals surface area contributed by atoms with Gasteiger partial charge in [-0.25, -0.2) is 0 Å². The molecule has 1 aromatic heterocycles. The topological polar surface area (TPSA) is 73.7 Å². The standard InChI is InChI=1S/C28H27F6N3O3/c1-16-8-9-17(11-22(16)36(4)23(39)15-38)24-21(7-6-10-35-24)37(5)25(40)26(2,3)18-12-19(27(29,30)31)14-20(13-18)28(32,33)34/h6-14,38H,15H2,1-5H3. The summed E-state index contributed by atoms with van der Waals surface area (Å²) in [5.74, 6) is -1.34. The predicted octanol–water partition coefficient (Wildman–Crippen LogP) is 5.99. The Hall–Kier alpha value is -3.93. The highest BCUT2D eigenvalue weighted by Crippen LogP contribution is 2.40. The van der Waals surface area contributed by atoms with Crippen LogP contribution >= 0.6 is 0 Å². The molecule has 0 bridgehead atoms. The summed E-state index contributed by atoms with van der Waals surface area (Å²) >= 11 is 0. The van der Waals surface area contributed by atoms with Crippen molar-refractivity contribution in [2.45, 2.75) is 38.5 Å². The summed E-state index contributed by atoms with van der Waals surface area (Å²) in [6, 6.07) is 9.19. The molecule has 3 aromatic rings. The fourth-order valence-corrected chi connectivity index (χ4v) is 4.22. The summed E-state index contributed by atoms with van der Waals surface area (Å²) in [5, 5.41) is 9.24. The summed E-state index contributed by atoms with van der Waals surface area (Å²) in [5.41, 5.74) is -3.14. The molecule has 1 N–H and O–H groups in total. The Labute approximate surface area is 226 Å². The van der Waals surface area contributed by atoms with Crippen LogP contribution in [0.1, 0.15) is 36.1 Å². The lowest BCUT2D eigenvalue weighted by atomic mass is 9.81. The second kappa shape index (κ2) is 10.9. The van der Waals surface area contributed by atoms with Gasteiger partial charge in [0.2, 0.25) is 5.91 Å². The van der Waals surface area contributed by atoms with Gasteiger partial charge in [0.15, 0.2) is 0 Å². The van der Waals surface area contributed by atoms with E-state index in [1.807, 2.05) is 0 Å². The highest BCUT2D eigenvalue weighted by Gasteiger charge is 2.41. The molecule has 1 heterocycles. The van der Waals surface area contributed by atoms with Crippen LogP contribution in [0, 0.1) is 6.92 Å². The van der Waals surface area contributed by atoms with Crippen molar-refractivity contribution in [2.24, 2.45) is 0 Å². The molecule has 0 saturated carbocycles. The van der Waals surface area contributed by atoms with Crippen molar-refractivity contribution >= 4 is 23.2 Å². The molecule has 0 radical (unpaired) electrons. The molecular formula is C28H27F6N3O3. The van der Waals surface area contributed by atoms with Gasteiger partial charge in [-0.3, -0.25) is 14.6 Å². The van der Waals surface area contributed by atoms with E-state index in [0.29, 0.717) is 28.9 Å². The number of aryl methyl sites for hydroxylation is 1. The number of anilines is 2. The molecule has 0 spiro atoms. The van der Waals surface area contributed by atoms with Crippen LogP contribution in [0.25, 0.3) is 11.3 Å². The first kappa shape index (κ1) is 30.6. The summed E-state index contributed by atoms with van der Waals surface area (Å²) in [6.07, 6.45) is -8.68. The zero-order valence-corrected chi connectivity index (χ0v) is 22.3. The van der Waals surface area contributed by atoms with Gasteiger partial charge < -0.3 is 14.9 Å². The van der Waals surface area contributed by atoms with E-state index in [1.54, 1.807) is 25.1 Å². The average molecular weight is 568 g/mol. The molecule has 3 rings (SSSR count). The molecule has 0 aliphatic heterocycles.